The van der Waals surface area contributed by atoms with Crippen LogP contribution in [0, 0.1) is 6.92 Å². The number of hydrogen-bond donors (Lipinski definition) is 0. The number of benzene rings is 1. The van der Waals surface area contributed by atoms with Crippen molar-refractivity contribution in [1.82, 2.24) is 14.5 Å². The monoisotopic (exact) mass is 376 g/mol. The number of carbonyl (C=O) groups excluding carboxylic acids is 1. The van der Waals surface area contributed by atoms with Crippen molar-refractivity contribution >= 4 is 22.6 Å². The van der Waals surface area contributed by atoms with Crippen LogP contribution in [-0.2, 0) is 13.0 Å². The molecule has 1 fully saturated rings. The van der Waals surface area contributed by atoms with E-state index >= 15 is 0 Å². The number of aryl methyl sites for hydroxylation is 3. The Morgan fingerprint density at radius 3 is 2.50 bits per heavy atom. The normalized spacial score (nSPS) is 14.7. The van der Waals surface area contributed by atoms with Gasteiger partial charge < -0.3 is 14.4 Å². The Labute approximate surface area is 166 Å². The summed E-state index contributed by atoms with van der Waals surface area (Å²) in [6.45, 7) is 10.2. The van der Waals surface area contributed by atoms with Crippen molar-refractivity contribution in [3.63, 3.8) is 0 Å². The molecule has 5 heteroatoms. The van der Waals surface area contributed by atoms with E-state index in [1.807, 2.05) is 29.3 Å². The van der Waals surface area contributed by atoms with Crippen molar-refractivity contribution in [2.45, 2.75) is 33.7 Å². The SMILES string of the molecule is CCc1ccc2c(c1)c(C)c(C(=O)N1CCN(c3ccccn3)CC1)n2CC. The van der Waals surface area contributed by atoms with E-state index in [2.05, 4.69) is 53.4 Å². The molecule has 0 aliphatic carbocycles. The van der Waals surface area contributed by atoms with Gasteiger partial charge in [0.05, 0.1) is 0 Å². The van der Waals surface area contributed by atoms with Crippen molar-refractivity contribution in [1.29, 1.82) is 0 Å². The summed E-state index contributed by atoms with van der Waals surface area (Å²) in [6, 6.07) is 12.6. The number of nitrogens with zero attached hydrogens (tertiary/aromatic N) is 4. The fourth-order valence-corrected chi connectivity index (χ4v) is 4.22. The highest BCUT2D eigenvalue weighted by Gasteiger charge is 2.27. The molecular weight excluding hydrogens is 348 g/mol. The average Bonchev–Trinajstić information content (AvgIpc) is 3.05. The molecule has 1 aliphatic heterocycles. The quantitative estimate of drug-likeness (QED) is 0.694. The van der Waals surface area contributed by atoms with Crippen LogP contribution in [-0.4, -0.2) is 46.5 Å². The zero-order chi connectivity index (χ0) is 19.7. The molecule has 2 aromatic heterocycles. The van der Waals surface area contributed by atoms with Crippen LogP contribution in [0.25, 0.3) is 10.9 Å². The molecular formula is C23H28N4O. The van der Waals surface area contributed by atoms with Gasteiger partial charge in [-0.05, 0) is 55.7 Å². The summed E-state index contributed by atoms with van der Waals surface area (Å²) >= 11 is 0. The average molecular weight is 377 g/mol. The summed E-state index contributed by atoms with van der Waals surface area (Å²) in [4.78, 5) is 22.1. The second-order valence-corrected chi connectivity index (χ2v) is 7.39. The minimum Gasteiger partial charge on any atom is -0.353 e. The van der Waals surface area contributed by atoms with Crippen LogP contribution in [0.4, 0.5) is 5.82 Å². The van der Waals surface area contributed by atoms with Crippen LogP contribution < -0.4 is 4.90 Å². The molecule has 28 heavy (non-hydrogen) atoms. The largest absolute Gasteiger partial charge is 0.353 e. The number of rotatable bonds is 4. The fraction of sp³-hybridized carbons (Fsp3) is 0.391. The third kappa shape index (κ3) is 3.15. The Balaban J connectivity index is 1.60. The fourth-order valence-electron chi connectivity index (χ4n) is 4.22. The maximum Gasteiger partial charge on any atom is 0.270 e. The second kappa shape index (κ2) is 7.66. The van der Waals surface area contributed by atoms with Gasteiger partial charge in [0.15, 0.2) is 0 Å². The van der Waals surface area contributed by atoms with Gasteiger partial charge in [0.2, 0.25) is 0 Å². The number of aromatic nitrogens is 2. The predicted molar refractivity (Wildman–Crippen MR) is 114 cm³/mol. The van der Waals surface area contributed by atoms with Gasteiger partial charge in [-0.1, -0.05) is 19.1 Å². The molecule has 0 bridgehead atoms. The summed E-state index contributed by atoms with van der Waals surface area (Å²) in [6.07, 6.45) is 2.83. The van der Waals surface area contributed by atoms with Gasteiger partial charge in [0.1, 0.15) is 11.5 Å². The third-order valence-corrected chi connectivity index (χ3v) is 5.85. The number of carbonyl (C=O) groups is 1. The van der Waals surface area contributed by atoms with Gasteiger partial charge in [-0.3, -0.25) is 4.79 Å². The molecule has 0 unspecified atom stereocenters. The zero-order valence-corrected chi connectivity index (χ0v) is 17.0. The Kier molecular flexibility index (Phi) is 5.07. The first-order valence-corrected chi connectivity index (χ1v) is 10.2. The second-order valence-electron chi connectivity index (χ2n) is 7.39. The van der Waals surface area contributed by atoms with Gasteiger partial charge in [0.25, 0.3) is 5.91 Å². The molecule has 1 aromatic carbocycles. The summed E-state index contributed by atoms with van der Waals surface area (Å²) in [5, 5.41) is 1.21. The highest BCUT2D eigenvalue weighted by molar-refractivity contribution is 6.02. The third-order valence-electron chi connectivity index (χ3n) is 5.85. The lowest BCUT2D eigenvalue weighted by molar-refractivity contribution is 0.0735. The first-order valence-electron chi connectivity index (χ1n) is 10.2. The first-order chi connectivity index (χ1) is 13.6. The number of pyridine rings is 1. The Morgan fingerprint density at radius 1 is 1.07 bits per heavy atom. The van der Waals surface area contributed by atoms with E-state index < -0.39 is 0 Å². The highest BCUT2D eigenvalue weighted by Crippen LogP contribution is 2.28. The van der Waals surface area contributed by atoms with Gasteiger partial charge >= 0.3 is 0 Å². The van der Waals surface area contributed by atoms with Crippen molar-refractivity contribution < 1.29 is 4.79 Å². The lowest BCUT2D eigenvalue weighted by atomic mass is 10.1. The first kappa shape index (κ1) is 18.5. The number of fused-ring (bicyclic) bond motifs is 1. The summed E-state index contributed by atoms with van der Waals surface area (Å²) in [7, 11) is 0. The topological polar surface area (TPSA) is 41.4 Å². The van der Waals surface area contributed by atoms with E-state index in [1.165, 1.54) is 10.9 Å². The van der Waals surface area contributed by atoms with Gasteiger partial charge in [-0.15, -0.1) is 0 Å². The number of piperazine rings is 1. The summed E-state index contributed by atoms with van der Waals surface area (Å²) in [5.41, 5.74) is 4.42. The van der Waals surface area contributed by atoms with Crippen LogP contribution in [0.2, 0.25) is 0 Å². The minimum absolute atomic E-state index is 0.147. The van der Waals surface area contributed by atoms with E-state index in [0.717, 1.165) is 61.7 Å². The van der Waals surface area contributed by atoms with Gasteiger partial charge in [-0.2, -0.15) is 0 Å². The molecule has 5 nitrogen and oxygen atoms in total. The molecule has 0 saturated carbocycles. The Hall–Kier alpha value is -2.82. The van der Waals surface area contributed by atoms with Crippen molar-refractivity contribution in [3.05, 3.63) is 59.4 Å². The molecule has 3 aromatic rings. The van der Waals surface area contributed by atoms with E-state index in [-0.39, 0.29) is 5.91 Å². The smallest absolute Gasteiger partial charge is 0.270 e. The highest BCUT2D eigenvalue weighted by atomic mass is 16.2. The van der Waals surface area contributed by atoms with Gasteiger partial charge in [-0.25, -0.2) is 4.98 Å². The van der Waals surface area contributed by atoms with Crippen molar-refractivity contribution in [3.8, 4) is 0 Å². The molecule has 0 spiro atoms. The molecule has 3 heterocycles. The van der Waals surface area contributed by atoms with E-state index in [0.29, 0.717) is 0 Å². The van der Waals surface area contributed by atoms with Crippen molar-refractivity contribution in [2.24, 2.45) is 0 Å². The number of amides is 1. The molecule has 4 rings (SSSR count). The van der Waals surface area contributed by atoms with Crippen LogP contribution >= 0.6 is 0 Å². The maximum atomic E-state index is 13.4. The standard InChI is InChI=1S/C23H28N4O/c1-4-18-9-10-20-19(16-18)17(3)22(27(20)5-2)23(28)26-14-12-25(13-15-26)21-8-6-7-11-24-21/h6-11,16H,4-5,12-15H2,1-3H3. The zero-order valence-electron chi connectivity index (χ0n) is 17.0. The Morgan fingerprint density at radius 2 is 1.86 bits per heavy atom. The van der Waals surface area contributed by atoms with E-state index in [4.69, 9.17) is 0 Å². The summed E-state index contributed by atoms with van der Waals surface area (Å²) < 4.78 is 2.18. The predicted octanol–water partition coefficient (Wildman–Crippen LogP) is 3.89. The van der Waals surface area contributed by atoms with Crippen LogP contribution in [0.3, 0.4) is 0 Å². The van der Waals surface area contributed by atoms with E-state index in [9.17, 15) is 4.79 Å². The van der Waals surface area contributed by atoms with Crippen molar-refractivity contribution in [2.75, 3.05) is 31.1 Å². The lowest BCUT2D eigenvalue weighted by Crippen LogP contribution is -2.49. The molecule has 1 aliphatic rings. The van der Waals surface area contributed by atoms with Crippen LogP contribution in [0.1, 0.15) is 35.5 Å². The van der Waals surface area contributed by atoms with Crippen LogP contribution in [0.15, 0.2) is 42.6 Å². The molecule has 0 N–H and O–H groups in total. The molecule has 1 saturated heterocycles. The molecule has 1 amide bonds. The number of anilines is 1. The number of hydrogen-bond acceptors (Lipinski definition) is 3. The minimum atomic E-state index is 0.147. The molecule has 0 radical (unpaired) electrons. The molecule has 146 valence electrons. The molecule has 0 atom stereocenters. The Bertz CT molecular complexity index is 985. The van der Waals surface area contributed by atoms with Crippen LogP contribution in [0.5, 0.6) is 0 Å². The maximum absolute atomic E-state index is 13.4. The van der Waals surface area contributed by atoms with E-state index in [1.54, 1.807) is 0 Å². The summed E-state index contributed by atoms with van der Waals surface area (Å²) in [5.74, 6) is 1.13. The van der Waals surface area contributed by atoms with Gasteiger partial charge in [0, 0.05) is 49.8 Å². The lowest BCUT2D eigenvalue weighted by Gasteiger charge is -2.35.